The molecular formula is C15H23N3O. The number of rotatable bonds is 3. The minimum Gasteiger partial charge on any atom is -0.399 e. The second kappa shape index (κ2) is 4.44. The Hall–Kier alpha value is -1.71. The van der Waals surface area contributed by atoms with Gasteiger partial charge in [-0.25, -0.2) is 4.79 Å². The minimum atomic E-state index is -0.164. The summed E-state index contributed by atoms with van der Waals surface area (Å²) >= 11 is 0. The molecule has 1 aromatic rings. The van der Waals surface area contributed by atoms with E-state index in [1.54, 1.807) is 24.3 Å². The van der Waals surface area contributed by atoms with E-state index < -0.39 is 0 Å². The first kappa shape index (κ1) is 13.7. The van der Waals surface area contributed by atoms with E-state index in [1.165, 1.54) is 0 Å². The fourth-order valence-electron chi connectivity index (χ4n) is 2.78. The summed E-state index contributed by atoms with van der Waals surface area (Å²) in [5.41, 5.74) is 7.62. The number of nitrogens with two attached hydrogens (primary N) is 1. The number of carbonyl (C=O) groups is 1. The molecule has 2 rings (SSSR count). The van der Waals surface area contributed by atoms with Gasteiger partial charge >= 0.3 is 6.03 Å². The van der Waals surface area contributed by atoms with Crippen LogP contribution >= 0.6 is 0 Å². The Morgan fingerprint density at radius 3 is 2.16 bits per heavy atom. The van der Waals surface area contributed by atoms with Crippen LogP contribution in [0.2, 0.25) is 0 Å². The second-order valence-corrected chi connectivity index (χ2v) is 6.45. The van der Waals surface area contributed by atoms with Gasteiger partial charge in [-0.1, -0.05) is 27.7 Å². The van der Waals surface area contributed by atoms with Gasteiger partial charge in [0, 0.05) is 17.9 Å². The van der Waals surface area contributed by atoms with Gasteiger partial charge < -0.3 is 16.4 Å². The molecule has 1 aromatic carbocycles. The van der Waals surface area contributed by atoms with Crippen molar-refractivity contribution >= 4 is 17.4 Å². The third-order valence-corrected chi connectivity index (χ3v) is 4.95. The van der Waals surface area contributed by atoms with E-state index in [0.29, 0.717) is 29.0 Å². The highest BCUT2D eigenvalue weighted by Gasteiger charge is 2.64. The van der Waals surface area contributed by atoms with Crippen molar-refractivity contribution in [3.05, 3.63) is 24.3 Å². The van der Waals surface area contributed by atoms with Gasteiger partial charge in [-0.05, 0) is 41.0 Å². The number of benzene rings is 1. The van der Waals surface area contributed by atoms with Crippen LogP contribution in [0, 0.1) is 16.7 Å². The topological polar surface area (TPSA) is 67.2 Å². The summed E-state index contributed by atoms with van der Waals surface area (Å²) in [5.74, 6) is 0.525. The van der Waals surface area contributed by atoms with Gasteiger partial charge in [-0.3, -0.25) is 0 Å². The van der Waals surface area contributed by atoms with E-state index >= 15 is 0 Å². The molecule has 0 radical (unpaired) electrons. The van der Waals surface area contributed by atoms with Crippen molar-refractivity contribution in [1.29, 1.82) is 0 Å². The summed E-state index contributed by atoms with van der Waals surface area (Å²) in [6, 6.07) is 6.95. The first-order valence-electron chi connectivity index (χ1n) is 6.65. The highest BCUT2D eigenvalue weighted by Crippen LogP contribution is 2.67. The predicted molar refractivity (Wildman–Crippen MR) is 78.9 cm³/mol. The number of urea groups is 1. The summed E-state index contributed by atoms with van der Waals surface area (Å²) in [6.45, 7) is 9.70. The summed E-state index contributed by atoms with van der Waals surface area (Å²) in [6.07, 6.45) is 0. The number of nitrogens with one attached hydrogen (secondary N) is 2. The van der Waals surface area contributed by atoms with Crippen LogP contribution in [-0.2, 0) is 0 Å². The fraction of sp³-hybridized carbons (Fsp3) is 0.533. The first-order valence-corrected chi connectivity index (χ1v) is 6.65. The Bertz CT molecular complexity index is 463. The lowest BCUT2D eigenvalue weighted by Crippen LogP contribution is -2.31. The monoisotopic (exact) mass is 261 g/mol. The van der Waals surface area contributed by atoms with Crippen LogP contribution in [0.1, 0.15) is 27.7 Å². The molecule has 0 heterocycles. The van der Waals surface area contributed by atoms with E-state index in [0.717, 1.165) is 5.69 Å². The number of hydrogen-bond donors (Lipinski definition) is 3. The lowest BCUT2D eigenvalue weighted by atomic mass is 10.0. The SMILES string of the molecule is CC1(C)C(CNC(=O)Nc2ccc(N)cc2)C1(C)C. The average molecular weight is 261 g/mol. The van der Waals surface area contributed by atoms with Crippen LogP contribution in [0.4, 0.5) is 16.2 Å². The van der Waals surface area contributed by atoms with Gasteiger partial charge in [-0.15, -0.1) is 0 Å². The highest BCUT2D eigenvalue weighted by atomic mass is 16.2. The van der Waals surface area contributed by atoms with E-state index in [2.05, 4.69) is 38.3 Å². The molecule has 4 N–H and O–H groups in total. The number of carbonyl (C=O) groups excluding carboxylic acids is 1. The first-order chi connectivity index (χ1) is 8.75. The highest BCUT2D eigenvalue weighted by molar-refractivity contribution is 5.89. The maximum atomic E-state index is 11.8. The molecule has 1 saturated carbocycles. The summed E-state index contributed by atoms with van der Waals surface area (Å²) < 4.78 is 0. The summed E-state index contributed by atoms with van der Waals surface area (Å²) in [4.78, 5) is 11.8. The van der Waals surface area contributed by atoms with Crippen molar-refractivity contribution in [2.45, 2.75) is 27.7 Å². The zero-order valence-electron chi connectivity index (χ0n) is 12.1. The Kier molecular flexibility index (Phi) is 3.20. The molecule has 0 saturated heterocycles. The third-order valence-electron chi connectivity index (χ3n) is 4.95. The quantitative estimate of drug-likeness (QED) is 0.732. The Morgan fingerprint density at radius 1 is 1.16 bits per heavy atom. The van der Waals surface area contributed by atoms with Crippen molar-refractivity contribution in [3.8, 4) is 0 Å². The van der Waals surface area contributed by atoms with E-state index in [1.807, 2.05) is 0 Å². The van der Waals surface area contributed by atoms with Gasteiger partial charge in [0.1, 0.15) is 0 Å². The fourth-order valence-corrected chi connectivity index (χ4v) is 2.78. The van der Waals surface area contributed by atoms with Crippen LogP contribution in [0.25, 0.3) is 0 Å². The predicted octanol–water partition coefficient (Wildman–Crippen LogP) is 3.07. The molecule has 0 aromatic heterocycles. The lowest BCUT2D eigenvalue weighted by molar-refractivity contribution is 0.251. The third kappa shape index (κ3) is 2.53. The van der Waals surface area contributed by atoms with E-state index in [-0.39, 0.29) is 6.03 Å². The van der Waals surface area contributed by atoms with Gasteiger partial charge in [0.2, 0.25) is 0 Å². The molecule has 0 atom stereocenters. The zero-order chi connectivity index (χ0) is 14.3. The van der Waals surface area contributed by atoms with Gasteiger partial charge in [-0.2, -0.15) is 0 Å². The standard InChI is InChI=1S/C15H23N3O/c1-14(2)12(15(14,3)4)9-17-13(19)18-11-7-5-10(16)6-8-11/h5-8,12H,9,16H2,1-4H3,(H2,17,18,19). The van der Waals surface area contributed by atoms with Crippen molar-refractivity contribution < 1.29 is 4.79 Å². The van der Waals surface area contributed by atoms with E-state index in [9.17, 15) is 4.79 Å². The minimum absolute atomic E-state index is 0.164. The number of anilines is 2. The second-order valence-electron chi connectivity index (χ2n) is 6.45. The smallest absolute Gasteiger partial charge is 0.319 e. The maximum Gasteiger partial charge on any atom is 0.319 e. The van der Waals surface area contributed by atoms with Crippen molar-refractivity contribution in [2.24, 2.45) is 16.7 Å². The Labute approximate surface area is 114 Å². The van der Waals surface area contributed by atoms with Crippen LogP contribution in [0.15, 0.2) is 24.3 Å². The summed E-state index contributed by atoms with van der Waals surface area (Å²) in [7, 11) is 0. The summed E-state index contributed by atoms with van der Waals surface area (Å²) in [5, 5.41) is 5.74. The molecule has 1 fully saturated rings. The molecule has 104 valence electrons. The molecule has 4 heteroatoms. The van der Waals surface area contributed by atoms with Crippen LogP contribution in [0.5, 0.6) is 0 Å². The molecule has 2 amide bonds. The molecule has 0 aliphatic heterocycles. The van der Waals surface area contributed by atoms with Crippen molar-refractivity contribution in [1.82, 2.24) is 5.32 Å². The number of amides is 2. The van der Waals surface area contributed by atoms with Crippen LogP contribution in [-0.4, -0.2) is 12.6 Å². The molecular weight excluding hydrogens is 238 g/mol. The zero-order valence-corrected chi connectivity index (χ0v) is 12.1. The molecule has 0 unspecified atom stereocenters. The molecule has 0 bridgehead atoms. The van der Waals surface area contributed by atoms with Gasteiger partial charge in [0.25, 0.3) is 0 Å². The van der Waals surface area contributed by atoms with Crippen molar-refractivity contribution in [2.75, 3.05) is 17.6 Å². The lowest BCUT2D eigenvalue weighted by Gasteiger charge is -2.08. The molecule has 0 spiro atoms. The molecule has 19 heavy (non-hydrogen) atoms. The molecule has 4 nitrogen and oxygen atoms in total. The maximum absolute atomic E-state index is 11.8. The Balaban J connectivity index is 1.82. The molecule has 1 aliphatic carbocycles. The average Bonchev–Trinajstić information content (AvgIpc) is 2.70. The van der Waals surface area contributed by atoms with Gasteiger partial charge in [0.15, 0.2) is 0 Å². The van der Waals surface area contributed by atoms with Crippen LogP contribution < -0.4 is 16.4 Å². The van der Waals surface area contributed by atoms with Crippen LogP contribution in [0.3, 0.4) is 0 Å². The van der Waals surface area contributed by atoms with Gasteiger partial charge in [0.05, 0.1) is 0 Å². The van der Waals surface area contributed by atoms with E-state index in [4.69, 9.17) is 5.73 Å². The number of nitrogen functional groups attached to an aromatic ring is 1. The number of hydrogen-bond acceptors (Lipinski definition) is 2. The molecule has 1 aliphatic rings. The van der Waals surface area contributed by atoms with Crippen molar-refractivity contribution in [3.63, 3.8) is 0 Å². The Morgan fingerprint density at radius 2 is 1.68 bits per heavy atom. The largest absolute Gasteiger partial charge is 0.399 e. The normalized spacial score (nSPS) is 19.8.